The van der Waals surface area contributed by atoms with E-state index < -0.39 is 0 Å². The molecule has 0 aromatic carbocycles. The predicted octanol–water partition coefficient (Wildman–Crippen LogP) is 1.97. The number of aromatic nitrogens is 2. The van der Waals surface area contributed by atoms with E-state index in [9.17, 15) is 0 Å². The van der Waals surface area contributed by atoms with Gasteiger partial charge >= 0.3 is 0 Å². The normalized spacial score (nSPS) is 10.4. The van der Waals surface area contributed by atoms with Gasteiger partial charge in [0, 0.05) is 6.54 Å². The first-order valence-electron chi connectivity index (χ1n) is 4.37. The molecule has 0 saturated carbocycles. The summed E-state index contributed by atoms with van der Waals surface area (Å²) in [4.78, 5) is 9.86. The van der Waals surface area contributed by atoms with E-state index in [1.165, 1.54) is 0 Å². The lowest BCUT2D eigenvalue weighted by Gasteiger charge is -2.02. The zero-order valence-corrected chi connectivity index (χ0v) is 8.71. The number of nitrogens with two attached hydrogens (primary N) is 1. The molecule has 3 nitrogen and oxygen atoms in total. The number of hydrogen-bond acceptors (Lipinski definition) is 4. The molecule has 2 rings (SSSR count). The van der Waals surface area contributed by atoms with E-state index >= 15 is 0 Å². The fourth-order valence-electron chi connectivity index (χ4n) is 1.22. The number of aryl methyl sites for hydroxylation is 1. The van der Waals surface area contributed by atoms with Gasteiger partial charge in [-0.1, -0.05) is 6.07 Å². The van der Waals surface area contributed by atoms with Gasteiger partial charge in [0.2, 0.25) is 0 Å². The van der Waals surface area contributed by atoms with E-state index in [-0.39, 0.29) is 0 Å². The van der Waals surface area contributed by atoms with Crippen LogP contribution in [0.5, 0.6) is 0 Å². The van der Waals surface area contributed by atoms with Gasteiger partial charge in [-0.25, -0.2) is 4.98 Å². The summed E-state index contributed by atoms with van der Waals surface area (Å²) < 4.78 is 0. The fraction of sp³-hybridized carbons (Fsp3) is 0.200. The Morgan fingerprint density at radius 2 is 2.36 bits per heavy atom. The molecule has 72 valence electrons. The Bertz CT molecular complexity index is 423. The molecule has 0 saturated heterocycles. The maximum absolute atomic E-state index is 5.57. The van der Waals surface area contributed by atoms with Gasteiger partial charge in [-0.3, -0.25) is 4.98 Å². The van der Waals surface area contributed by atoms with Crippen molar-refractivity contribution in [3.05, 3.63) is 35.1 Å². The van der Waals surface area contributed by atoms with Crippen LogP contribution in [-0.2, 0) is 6.54 Å². The molecular weight excluding hydrogens is 194 g/mol. The summed E-state index contributed by atoms with van der Waals surface area (Å²) in [5.74, 6) is 0. The number of hydrogen-bond donors (Lipinski definition) is 1. The van der Waals surface area contributed by atoms with Crippen LogP contribution < -0.4 is 5.73 Å². The highest BCUT2D eigenvalue weighted by Crippen LogP contribution is 2.22. The van der Waals surface area contributed by atoms with E-state index in [1.54, 1.807) is 17.5 Å². The first-order valence-corrected chi connectivity index (χ1v) is 5.25. The third-order valence-electron chi connectivity index (χ3n) is 2.02. The van der Waals surface area contributed by atoms with Gasteiger partial charge in [0.25, 0.3) is 0 Å². The minimum atomic E-state index is 0.443. The molecule has 0 spiro atoms. The lowest BCUT2D eigenvalue weighted by molar-refractivity contribution is 0.934. The maximum Gasteiger partial charge on any atom is 0.0988 e. The van der Waals surface area contributed by atoms with Gasteiger partial charge in [0.1, 0.15) is 0 Å². The largest absolute Gasteiger partial charge is 0.325 e. The van der Waals surface area contributed by atoms with Gasteiger partial charge < -0.3 is 5.73 Å². The van der Waals surface area contributed by atoms with E-state index in [4.69, 9.17) is 5.73 Å². The van der Waals surface area contributed by atoms with Crippen molar-refractivity contribution in [3.8, 4) is 10.6 Å². The summed E-state index contributed by atoms with van der Waals surface area (Å²) in [6.07, 6.45) is 1.79. The number of nitrogens with zero attached hydrogens (tertiary/aromatic N) is 2. The van der Waals surface area contributed by atoms with Crippen molar-refractivity contribution in [2.24, 2.45) is 5.73 Å². The van der Waals surface area contributed by atoms with Crippen LogP contribution in [0.4, 0.5) is 0 Å². The third-order valence-corrected chi connectivity index (χ3v) is 2.91. The van der Waals surface area contributed by atoms with E-state index in [0.717, 1.165) is 22.0 Å². The average molecular weight is 205 g/mol. The van der Waals surface area contributed by atoms with Crippen LogP contribution in [0.2, 0.25) is 0 Å². The number of rotatable bonds is 2. The Kier molecular flexibility index (Phi) is 2.56. The summed E-state index contributed by atoms with van der Waals surface area (Å²) >= 11 is 1.66. The Morgan fingerprint density at radius 3 is 3.00 bits per heavy atom. The van der Waals surface area contributed by atoms with Crippen LogP contribution >= 0.6 is 11.3 Å². The molecule has 0 aliphatic heterocycles. The van der Waals surface area contributed by atoms with Crippen LogP contribution in [0, 0.1) is 6.92 Å². The molecule has 2 heterocycles. The van der Waals surface area contributed by atoms with Crippen LogP contribution in [-0.4, -0.2) is 9.97 Å². The lowest BCUT2D eigenvalue weighted by Crippen LogP contribution is -2.04. The van der Waals surface area contributed by atoms with E-state index in [2.05, 4.69) is 9.97 Å². The van der Waals surface area contributed by atoms with Gasteiger partial charge in [-0.05, 0) is 18.4 Å². The van der Waals surface area contributed by atoms with Gasteiger partial charge in [0.05, 0.1) is 28.2 Å². The average Bonchev–Trinajstić information content (AvgIpc) is 2.71. The van der Waals surface area contributed by atoms with Gasteiger partial charge in [-0.15, -0.1) is 11.3 Å². The van der Waals surface area contributed by atoms with E-state index in [0.29, 0.717) is 6.54 Å². The van der Waals surface area contributed by atoms with Crippen molar-refractivity contribution < 1.29 is 0 Å². The van der Waals surface area contributed by atoms with Gasteiger partial charge in [0.15, 0.2) is 0 Å². The standard InChI is InChI=1S/C10H11N3S/c1-7-8(5-11)13-9(6-12-7)10-3-2-4-14-10/h2-4,6H,5,11H2,1H3. The van der Waals surface area contributed by atoms with Crippen LogP contribution in [0.3, 0.4) is 0 Å². The molecule has 2 aromatic rings. The Balaban J connectivity index is 2.46. The highest BCUT2D eigenvalue weighted by atomic mass is 32.1. The SMILES string of the molecule is Cc1ncc(-c2cccs2)nc1CN. The highest BCUT2D eigenvalue weighted by Gasteiger charge is 2.04. The summed E-state index contributed by atoms with van der Waals surface area (Å²) in [6.45, 7) is 2.37. The van der Waals surface area contributed by atoms with Gasteiger partial charge in [-0.2, -0.15) is 0 Å². The van der Waals surface area contributed by atoms with Crippen molar-refractivity contribution in [1.82, 2.24) is 9.97 Å². The molecular formula is C10H11N3S. The second kappa shape index (κ2) is 3.86. The minimum absolute atomic E-state index is 0.443. The quantitative estimate of drug-likeness (QED) is 0.815. The second-order valence-electron chi connectivity index (χ2n) is 2.97. The van der Waals surface area contributed by atoms with Crippen molar-refractivity contribution in [1.29, 1.82) is 0 Å². The molecule has 2 N–H and O–H groups in total. The molecule has 0 aliphatic carbocycles. The highest BCUT2D eigenvalue weighted by molar-refractivity contribution is 7.13. The molecule has 0 amide bonds. The maximum atomic E-state index is 5.57. The molecule has 0 aliphatic rings. The van der Waals surface area contributed by atoms with Crippen LogP contribution in [0.25, 0.3) is 10.6 Å². The summed E-state index contributed by atoms with van der Waals surface area (Å²) in [7, 11) is 0. The molecule has 14 heavy (non-hydrogen) atoms. The molecule has 0 radical (unpaired) electrons. The summed E-state index contributed by atoms with van der Waals surface area (Å²) in [5, 5.41) is 2.03. The monoisotopic (exact) mass is 205 g/mol. The smallest absolute Gasteiger partial charge is 0.0988 e. The first kappa shape index (κ1) is 9.30. The Morgan fingerprint density at radius 1 is 1.50 bits per heavy atom. The molecule has 0 unspecified atom stereocenters. The molecule has 4 heteroatoms. The minimum Gasteiger partial charge on any atom is -0.325 e. The third kappa shape index (κ3) is 1.66. The van der Waals surface area contributed by atoms with E-state index in [1.807, 2.05) is 24.4 Å². The first-order chi connectivity index (χ1) is 6.81. The zero-order chi connectivity index (χ0) is 9.97. The van der Waals surface area contributed by atoms with Crippen molar-refractivity contribution in [2.75, 3.05) is 0 Å². The zero-order valence-electron chi connectivity index (χ0n) is 7.90. The fourth-order valence-corrected chi connectivity index (χ4v) is 1.90. The number of thiophene rings is 1. The van der Waals surface area contributed by atoms with Crippen molar-refractivity contribution >= 4 is 11.3 Å². The Labute approximate surface area is 86.6 Å². The summed E-state index contributed by atoms with van der Waals surface area (Å²) in [6, 6.07) is 4.04. The molecule has 0 fully saturated rings. The van der Waals surface area contributed by atoms with Crippen molar-refractivity contribution in [3.63, 3.8) is 0 Å². The second-order valence-corrected chi connectivity index (χ2v) is 3.92. The molecule has 0 bridgehead atoms. The predicted molar refractivity (Wildman–Crippen MR) is 58.0 cm³/mol. The lowest BCUT2D eigenvalue weighted by atomic mass is 10.3. The van der Waals surface area contributed by atoms with Crippen molar-refractivity contribution in [2.45, 2.75) is 13.5 Å². The van der Waals surface area contributed by atoms with Crippen LogP contribution in [0.1, 0.15) is 11.4 Å². The topological polar surface area (TPSA) is 51.8 Å². The van der Waals surface area contributed by atoms with Crippen LogP contribution in [0.15, 0.2) is 23.7 Å². The molecule has 0 atom stereocenters. The Hall–Kier alpha value is -1.26. The molecule has 2 aromatic heterocycles. The summed E-state index contributed by atoms with van der Waals surface area (Å²) in [5.41, 5.74) is 8.26.